The summed E-state index contributed by atoms with van der Waals surface area (Å²) in [5.41, 5.74) is 8.54. The van der Waals surface area contributed by atoms with E-state index in [1.807, 2.05) is 0 Å². The van der Waals surface area contributed by atoms with Crippen LogP contribution in [0.4, 0.5) is 0 Å². The van der Waals surface area contributed by atoms with E-state index in [4.69, 9.17) is 0 Å². The van der Waals surface area contributed by atoms with Gasteiger partial charge in [0.1, 0.15) is 0 Å². The van der Waals surface area contributed by atoms with Gasteiger partial charge in [0.15, 0.2) is 0 Å². The van der Waals surface area contributed by atoms with E-state index < -0.39 is 8.07 Å². The topological polar surface area (TPSA) is 0 Å². The minimum absolute atomic E-state index is 0. The fraction of sp³-hybridized carbons (Fsp3) is 0.139. The van der Waals surface area contributed by atoms with Crippen molar-refractivity contribution in [1.29, 1.82) is 0 Å². The Bertz CT molecular complexity index is 1090. The van der Waals surface area contributed by atoms with Crippen LogP contribution in [-0.4, -0.2) is 8.07 Å². The summed E-state index contributed by atoms with van der Waals surface area (Å²) in [6.07, 6.45) is 18.7. The van der Waals surface area contributed by atoms with Crippen molar-refractivity contribution in [2.75, 3.05) is 0 Å². The maximum atomic E-state index is 2.56. The molecule has 0 aliphatic heterocycles. The summed E-state index contributed by atoms with van der Waals surface area (Å²) in [5, 5.41) is 0. The van der Waals surface area contributed by atoms with Crippen LogP contribution in [0.15, 0.2) is 97.1 Å². The first-order chi connectivity index (χ1) is 17.0. The third-order valence-corrected chi connectivity index (χ3v) is 11.9. The van der Waals surface area contributed by atoms with Gasteiger partial charge in [-0.3, -0.25) is 0 Å². The normalized spacial score (nSPS) is 23.1. The first kappa shape index (κ1) is 31.0. The molecule has 9 radical (unpaired) electrons. The van der Waals surface area contributed by atoms with Crippen LogP contribution in [0.5, 0.6) is 0 Å². The molecule has 2 heteroatoms. The molecule has 4 aliphatic rings. The van der Waals surface area contributed by atoms with E-state index in [9.17, 15) is 0 Å². The largest absolute Gasteiger partial charge is 4.00 e. The molecule has 0 bridgehead atoms. The smallest absolute Gasteiger partial charge is 0.358 e. The van der Waals surface area contributed by atoms with Gasteiger partial charge in [0, 0.05) is 23.7 Å². The molecule has 0 heterocycles. The molecule has 38 heavy (non-hydrogen) atoms. The van der Waals surface area contributed by atoms with Crippen LogP contribution in [0.2, 0.25) is 13.1 Å². The van der Waals surface area contributed by atoms with E-state index in [2.05, 4.69) is 137 Å². The molecule has 0 aromatic heterocycles. The summed E-state index contributed by atoms with van der Waals surface area (Å²) in [5.74, 6) is 7.59. The Balaban J connectivity index is 0.00000133. The summed E-state index contributed by atoms with van der Waals surface area (Å²) in [7, 11) is -1.98. The van der Waals surface area contributed by atoms with Gasteiger partial charge in [0.2, 0.25) is 0 Å². The van der Waals surface area contributed by atoms with Crippen molar-refractivity contribution >= 4 is 19.2 Å². The summed E-state index contributed by atoms with van der Waals surface area (Å²) in [6.45, 7) is 9.85. The van der Waals surface area contributed by atoms with Crippen molar-refractivity contribution in [3.05, 3.63) is 177 Å². The minimum atomic E-state index is -1.98. The second kappa shape index (κ2) is 12.3. The van der Waals surface area contributed by atoms with Gasteiger partial charge in [0.25, 0.3) is 0 Å². The molecule has 0 N–H and O–H groups in total. The number of hydrogen-bond donors (Lipinski definition) is 0. The molecule has 0 amide bonds. The molecule has 2 aromatic rings. The monoisotopic (exact) mass is 587 g/mol. The fourth-order valence-corrected chi connectivity index (χ4v) is 10.9. The Morgan fingerprint density at radius 1 is 0.658 bits per heavy atom. The van der Waals surface area contributed by atoms with Gasteiger partial charge in [-0.15, -0.1) is 0 Å². The fourth-order valence-electron chi connectivity index (χ4n) is 6.61. The second-order valence-electron chi connectivity index (χ2n) is 10.5. The third-order valence-electron chi connectivity index (χ3n) is 7.87. The van der Waals surface area contributed by atoms with E-state index in [0.717, 1.165) is 0 Å². The zero-order valence-electron chi connectivity index (χ0n) is 23.5. The van der Waals surface area contributed by atoms with Gasteiger partial charge < -0.3 is 14.9 Å². The average Bonchev–Trinajstić information content (AvgIpc) is 3.41. The Hall–Kier alpha value is -1.50. The maximum Gasteiger partial charge on any atom is 4.00 e. The molecule has 2 saturated carbocycles. The van der Waals surface area contributed by atoms with Gasteiger partial charge in [-0.05, 0) is 58.0 Å². The molecule has 0 spiro atoms. The molecular weight excluding hydrogens is 552 g/mol. The maximum absolute atomic E-state index is 2.56. The number of rotatable bonds is 4. The van der Waals surface area contributed by atoms with Crippen LogP contribution >= 0.6 is 0 Å². The standard InChI is InChI=1S/C34H31Si.2CH3.Zr/c1-23-21-31-27(25-13-7-5-8-14-25)17-11-19-29(31)33(23)35(3,4)34-24(2)22-32-28(18-12-20-30(32)34)26-15-9-6-10-16-26;;;/h5-23H,1-4H3;2*1H3;/q;2*-1;+4. The average molecular weight is 589 g/mol. The predicted molar refractivity (Wildman–Crippen MR) is 164 cm³/mol. The number of allylic oxidation sites excluding steroid dienone is 8. The summed E-state index contributed by atoms with van der Waals surface area (Å²) in [4.78, 5) is 0. The van der Waals surface area contributed by atoms with Crippen molar-refractivity contribution in [3.63, 3.8) is 0 Å². The number of hydrogen-bond acceptors (Lipinski definition) is 0. The van der Waals surface area contributed by atoms with E-state index in [-0.39, 0.29) is 41.1 Å². The molecule has 0 nitrogen and oxygen atoms in total. The SMILES string of the molecule is C[C]1[CH][C]2[C](C=CC=C2c2ccccc2)[C]1[Si](C)(C)[C]1[C]2C=CC=C(c3ccccc3)[C]2[CH]C1C.[CH3-].[CH3-].[Zr+4]. The van der Waals surface area contributed by atoms with E-state index in [1.165, 1.54) is 51.9 Å². The van der Waals surface area contributed by atoms with Crippen molar-refractivity contribution in [3.8, 4) is 0 Å². The molecule has 2 aromatic carbocycles. The van der Waals surface area contributed by atoms with E-state index >= 15 is 0 Å². The van der Waals surface area contributed by atoms with Crippen LogP contribution in [0.1, 0.15) is 25.0 Å². The van der Waals surface area contributed by atoms with Crippen LogP contribution in [0, 0.1) is 74.3 Å². The van der Waals surface area contributed by atoms with Crippen molar-refractivity contribution in [2.45, 2.75) is 26.9 Å². The molecule has 187 valence electrons. The Morgan fingerprint density at radius 3 is 1.71 bits per heavy atom. The van der Waals surface area contributed by atoms with Gasteiger partial charge >= 0.3 is 26.2 Å². The molecule has 0 saturated heterocycles. The summed E-state index contributed by atoms with van der Waals surface area (Å²) < 4.78 is 0. The minimum Gasteiger partial charge on any atom is -0.358 e. The molecule has 2 fully saturated rings. The Kier molecular flexibility index (Phi) is 10.1. The molecule has 6 rings (SSSR count). The molecule has 4 aliphatic carbocycles. The van der Waals surface area contributed by atoms with Crippen LogP contribution in [0.25, 0.3) is 11.1 Å². The Morgan fingerprint density at radius 2 is 1.16 bits per heavy atom. The van der Waals surface area contributed by atoms with Crippen LogP contribution in [-0.2, 0) is 26.2 Å². The Labute approximate surface area is 253 Å². The van der Waals surface area contributed by atoms with Gasteiger partial charge in [-0.2, -0.15) is 0 Å². The van der Waals surface area contributed by atoms with Crippen molar-refractivity contribution in [1.82, 2.24) is 0 Å². The van der Waals surface area contributed by atoms with E-state index in [1.54, 1.807) is 11.1 Å². The number of benzene rings is 2. The predicted octanol–water partition coefficient (Wildman–Crippen LogP) is 9.09. The molecule has 1 unspecified atom stereocenters. The zero-order valence-corrected chi connectivity index (χ0v) is 26.9. The quantitative estimate of drug-likeness (QED) is 0.247. The van der Waals surface area contributed by atoms with Crippen molar-refractivity contribution < 1.29 is 26.2 Å². The summed E-state index contributed by atoms with van der Waals surface area (Å²) >= 11 is 0. The van der Waals surface area contributed by atoms with Gasteiger partial charge in [-0.1, -0.05) is 124 Å². The third kappa shape index (κ3) is 5.17. The first-order valence-electron chi connectivity index (χ1n) is 12.6. The zero-order chi connectivity index (χ0) is 24.2. The van der Waals surface area contributed by atoms with Gasteiger partial charge in [-0.25, -0.2) is 0 Å². The van der Waals surface area contributed by atoms with Crippen LogP contribution < -0.4 is 0 Å². The van der Waals surface area contributed by atoms with Crippen molar-refractivity contribution in [2.24, 2.45) is 5.92 Å². The molecular formula is C36H37SiZr+2. The van der Waals surface area contributed by atoms with Crippen LogP contribution in [0.3, 0.4) is 0 Å². The first-order valence-corrected chi connectivity index (χ1v) is 15.6. The second-order valence-corrected chi connectivity index (χ2v) is 14.8. The molecule has 1 atom stereocenters. The van der Waals surface area contributed by atoms with Gasteiger partial charge in [0.05, 0.1) is 8.07 Å². The number of fused-ring (bicyclic) bond motifs is 2. The van der Waals surface area contributed by atoms with E-state index in [0.29, 0.717) is 5.92 Å². The summed E-state index contributed by atoms with van der Waals surface area (Å²) in [6, 6.07) is 21.7.